The second-order valence-corrected chi connectivity index (χ2v) is 53.1. The van der Waals surface area contributed by atoms with E-state index in [0.29, 0.717) is 50.5 Å². The van der Waals surface area contributed by atoms with Crippen molar-refractivity contribution in [1.82, 2.24) is 0 Å². The number of fused-ring (bicyclic) bond motifs is 18. The maximum absolute atomic E-state index is 10.9. The Labute approximate surface area is 885 Å². The van der Waals surface area contributed by atoms with Crippen LogP contribution in [-0.4, -0.2) is 33.6 Å². The first-order chi connectivity index (χ1) is 69.5. The molecule has 147 heavy (non-hydrogen) atoms. The Bertz CT molecular complexity index is 8360. The number of hydrogen-bond donors (Lipinski definition) is 4. The van der Waals surface area contributed by atoms with Crippen LogP contribution in [-0.2, 0) is 31.6 Å². The molecule has 0 fully saturated rings. The van der Waals surface area contributed by atoms with E-state index >= 15 is 0 Å². The predicted octanol–water partition coefficient (Wildman–Crippen LogP) is 41.3. The van der Waals surface area contributed by atoms with E-state index in [9.17, 15) is 20.4 Å². The number of phenols is 4. The molecule has 3 heterocycles. The summed E-state index contributed by atoms with van der Waals surface area (Å²) in [6.07, 6.45) is 4.44. The lowest BCUT2D eigenvalue weighted by Crippen LogP contribution is -2.34. The Kier molecular flexibility index (Phi) is 30.5. The minimum Gasteiger partial charge on any atom is -0.507 e. The molecular formula is C126H126Cl4O13P4. The Morgan fingerprint density at radius 1 is 0.347 bits per heavy atom. The smallest absolute Gasteiger partial charge is 0.453 e. The molecule has 5 atom stereocenters. The lowest BCUT2D eigenvalue weighted by atomic mass is 9.71. The minimum absolute atomic E-state index is 0.0631. The number of rotatable bonds is 8. The summed E-state index contributed by atoms with van der Waals surface area (Å²) in [6, 6.07) is 94.0. The van der Waals surface area contributed by atoms with Crippen LogP contribution in [0.5, 0.6) is 46.0 Å². The largest absolute Gasteiger partial charge is 0.507 e. The van der Waals surface area contributed by atoms with Gasteiger partial charge in [0.2, 0.25) is 0 Å². The van der Waals surface area contributed by atoms with Gasteiger partial charge in [0.25, 0.3) is 0 Å². The normalized spacial score (nSPS) is 14.7. The van der Waals surface area contributed by atoms with Crippen molar-refractivity contribution >= 4 is 189 Å². The number of aryl methyl sites for hydroxylation is 4. The summed E-state index contributed by atoms with van der Waals surface area (Å²) in [5.74, 6) is 2.68. The van der Waals surface area contributed by atoms with Gasteiger partial charge < -0.3 is 60.0 Å². The summed E-state index contributed by atoms with van der Waals surface area (Å²) in [5, 5.41) is 59.1. The van der Waals surface area contributed by atoms with E-state index < -0.39 is 30.2 Å². The number of hydrogen-bond acceptors (Lipinski definition) is 13. The van der Waals surface area contributed by atoms with Gasteiger partial charge in [-0.15, -0.1) is 0 Å². The number of allylic oxidation sites excluding steroid dienone is 2. The molecule has 21 heteroatoms. The van der Waals surface area contributed by atoms with Crippen LogP contribution < -0.4 is 18.3 Å². The molecule has 0 saturated carbocycles. The van der Waals surface area contributed by atoms with Crippen LogP contribution >= 0.6 is 75.2 Å². The zero-order valence-corrected chi connectivity index (χ0v) is 94.2. The molecule has 19 aromatic rings. The molecule has 21 rings (SSSR count). The van der Waals surface area contributed by atoms with Gasteiger partial charge in [-0.25, -0.2) is 0 Å². The first-order valence-electron chi connectivity index (χ1n) is 49.4. The van der Waals surface area contributed by atoms with Crippen LogP contribution in [0.1, 0.15) is 187 Å². The molecule has 0 radical (unpaired) electrons. The van der Waals surface area contributed by atoms with Crippen molar-refractivity contribution in [2.45, 2.75) is 192 Å². The first kappa shape index (κ1) is 106. The second-order valence-electron chi connectivity index (χ2n) is 44.5. The molecule has 2 aliphatic rings. The van der Waals surface area contributed by atoms with Gasteiger partial charge in [0.05, 0.1) is 13.2 Å². The molecule has 0 spiro atoms. The average molecular weight is 2110 g/mol. The van der Waals surface area contributed by atoms with Crippen molar-refractivity contribution in [3.8, 4) is 79.4 Å². The van der Waals surface area contributed by atoms with Crippen LogP contribution in [0.3, 0.4) is 0 Å². The van der Waals surface area contributed by atoms with Gasteiger partial charge in [0.15, 0.2) is 5.98 Å². The van der Waals surface area contributed by atoms with E-state index in [-0.39, 0.29) is 67.5 Å². The lowest BCUT2D eigenvalue weighted by molar-refractivity contribution is 0.141. The van der Waals surface area contributed by atoms with Crippen LogP contribution in [0.2, 0.25) is 0 Å². The number of halogens is 4. The summed E-state index contributed by atoms with van der Waals surface area (Å²) in [7, 11) is -4.03. The molecule has 13 nitrogen and oxygen atoms in total. The molecule has 4 N–H and O–H groups in total. The summed E-state index contributed by atoms with van der Waals surface area (Å²) in [5.41, 5.74) is 18.7. The van der Waals surface area contributed by atoms with Gasteiger partial charge in [0, 0.05) is 94.2 Å². The first-order valence-corrected chi connectivity index (χ1v) is 57.7. The number of benzene rings is 17. The SMILES string of the molecule is CC1=CC(C(C)(C)C)C2OP(Cl)Oc3ccc4ccccc4c3C2=C1.COc1cc(C(C)(C)C)c2op(Oc3ccc4ccccc4c3-c3cc(C)cc(C(C)(C)C)c3Op3oc4ccc5ccccc5c4c4cc(C)cc(C(C)(C)C)c4o3)oc3ccc4ccccc4c3c2c1.Cc1cc(-c2c(O)ccc3ccccc23)c(O)c(C(C)(C)C)c1.Cc1cc(-c2c(O)ccc3ccccc23)c(O)c(C(C)(C)C)c1.ClP(Cl)Cl. The van der Waals surface area contributed by atoms with Gasteiger partial charge in [-0.3, -0.25) is 0 Å². The number of ether oxygens (including phenoxy) is 1. The predicted molar refractivity (Wildman–Crippen MR) is 625 cm³/mol. The molecule has 1 aliphatic heterocycles. The number of phenolic OH excluding ortho intramolecular Hbond substituents is 4. The summed E-state index contributed by atoms with van der Waals surface area (Å²) < 4.78 is 61.5. The van der Waals surface area contributed by atoms with E-state index in [1.165, 1.54) is 21.9 Å². The van der Waals surface area contributed by atoms with Gasteiger partial charge in [-0.05, 0) is 244 Å². The third-order valence-corrected chi connectivity index (χ3v) is 30.4. The molecule has 5 unspecified atom stereocenters. The van der Waals surface area contributed by atoms with Crippen LogP contribution in [0, 0.1) is 39.0 Å². The Hall–Kier alpha value is -12.0. The third-order valence-electron chi connectivity index (χ3n) is 27.2. The quantitative estimate of drug-likeness (QED) is 0.106. The van der Waals surface area contributed by atoms with Crippen molar-refractivity contribution in [3.05, 3.63) is 352 Å². The Morgan fingerprint density at radius 2 is 0.701 bits per heavy atom. The molecule has 756 valence electrons. The Morgan fingerprint density at radius 3 is 1.14 bits per heavy atom. The van der Waals surface area contributed by atoms with Crippen LogP contribution in [0.25, 0.3) is 147 Å². The highest BCUT2D eigenvalue weighted by molar-refractivity contribution is 8.20. The molecular weight excluding hydrogens is 1990 g/mol. The topological polar surface area (TPSA) is 180 Å². The molecule has 2 aromatic heterocycles. The highest BCUT2D eigenvalue weighted by atomic mass is 36.0. The molecule has 0 amide bonds. The maximum atomic E-state index is 10.9. The average Bonchev–Trinajstić information content (AvgIpc) is 1.73. The Balaban J connectivity index is 0.000000158. The highest BCUT2D eigenvalue weighted by Crippen LogP contribution is 2.60. The fourth-order valence-electron chi connectivity index (χ4n) is 20.1. The zero-order chi connectivity index (χ0) is 105. The molecule has 0 bridgehead atoms. The van der Waals surface area contributed by atoms with Crippen molar-refractivity contribution in [2.24, 2.45) is 11.3 Å². The lowest BCUT2D eigenvalue weighted by Gasteiger charge is -2.38. The van der Waals surface area contributed by atoms with E-state index in [1.807, 2.05) is 123 Å². The van der Waals surface area contributed by atoms with E-state index in [4.69, 9.17) is 84.6 Å². The summed E-state index contributed by atoms with van der Waals surface area (Å²) in [4.78, 5) is 0. The van der Waals surface area contributed by atoms with Gasteiger partial charge in [-0.1, -0.05) is 382 Å². The van der Waals surface area contributed by atoms with Gasteiger partial charge >= 0.3 is 24.2 Å². The fraction of sp³-hybridized carbons (Fsp3) is 0.254. The summed E-state index contributed by atoms with van der Waals surface area (Å²) in [6.45, 7) is 49.6. The molecule has 0 saturated heterocycles. The summed E-state index contributed by atoms with van der Waals surface area (Å²) >= 11 is 21.1. The number of methoxy groups -OCH3 is 1. The fourth-order valence-corrected chi connectivity index (χ4v) is 23.6. The van der Waals surface area contributed by atoms with Gasteiger partial charge in [-0.2, -0.15) is 0 Å². The van der Waals surface area contributed by atoms with E-state index in [2.05, 4.69) is 315 Å². The van der Waals surface area contributed by atoms with Crippen LogP contribution in [0.15, 0.2) is 314 Å². The zero-order valence-electron chi connectivity index (χ0n) is 87.6. The standard InChI is InChI=1S/C63H60O7P2.C21H22ClO2P.2C21H22O2.Cl3P/c1-37-31-46(58(49(33-37)61(3,4)5)69-72-67-53-29-26-40-20-14-17-23-44(40)56(53)47-32-38(2)34-50(59(47)70-72)62(6,7)8)55-43-22-16-13-19-39(43)25-28-52(55)65-71-66-54-30-27-41-21-15-18-24-45(41)57(54)48-35-42(64-12)36-51(60(48)68-71)63(9,10)11;1-13-11-16-19-15-8-6-5-7-14(15)9-10-18(19)23-25(22)24-20(16)17(12-13)21(2,3)4;2*1-13-11-16(20(23)17(12-13)21(2,3)4)19-15-8-6-5-7-14(15)9-10-18(19)22;1-4(2)3/h13-36H,1-12H3;5-12,17,20H,1-4H3;2*5-12,22-23H,1-4H3;. The van der Waals surface area contributed by atoms with Crippen LogP contribution in [0.4, 0.5) is 0 Å². The van der Waals surface area contributed by atoms with Crippen molar-refractivity contribution in [1.29, 1.82) is 0 Å². The van der Waals surface area contributed by atoms with E-state index in [1.54, 1.807) is 19.2 Å². The number of aromatic hydroxyl groups is 4. The van der Waals surface area contributed by atoms with E-state index in [0.717, 1.165) is 159 Å². The van der Waals surface area contributed by atoms with Gasteiger partial charge in [0.1, 0.15) is 68.3 Å². The monoisotopic (exact) mass is 2110 g/mol. The van der Waals surface area contributed by atoms with Crippen molar-refractivity contribution < 1.29 is 60.0 Å². The molecule has 1 aliphatic carbocycles. The maximum Gasteiger partial charge on any atom is 0.453 e. The second kappa shape index (κ2) is 42.2. The molecule has 17 aromatic carbocycles. The van der Waals surface area contributed by atoms with Crippen molar-refractivity contribution in [2.75, 3.05) is 7.11 Å². The minimum atomic E-state index is -2.13. The van der Waals surface area contributed by atoms with Crippen molar-refractivity contribution in [3.63, 3.8) is 0 Å². The third kappa shape index (κ3) is 22.5. The highest BCUT2D eigenvalue weighted by Gasteiger charge is 2.42.